The monoisotopic (exact) mass is 492 g/mol. The highest BCUT2D eigenvalue weighted by Gasteiger charge is 2.31. The fourth-order valence-corrected chi connectivity index (χ4v) is 3.97. The molecule has 5 nitrogen and oxygen atoms in total. The molecule has 0 radical (unpaired) electrons. The average Bonchev–Trinajstić information content (AvgIpc) is 2.88. The Labute approximate surface area is 213 Å². The summed E-state index contributed by atoms with van der Waals surface area (Å²) in [6, 6.07) is 24.0. The second-order valence-corrected chi connectivity index (χ2v) is 9.14. The molecule has 3 aromatic rings. The molecule has 2 atom stereocenters. The van der Waals surface area contributed by atoms with Crippen LogP contribution < -0.4 is 10.1 Å². The number of amides is 2. The first-order valence-electron chi connectivity index (χ1n) is 11.9. The predicted octanol–water partition coefficient (Wildman–Crippen LogP) is 5.45. The minimum absolute atomic E-state index is 0.00538. The Balaban J connectivity index is 1.97. The maximum Gasteiger partial charge on any atom is 0.243 e. The number of nitrogens with one attached hydrogen (secondary N) is 1. The quantitative estimate of drug-likeness (QED) is 0.387. The van der Waals surface area contributed by atoms with Crippen LogP contribution in [0, 0.1) is 0 Å². The van der Waals surface area contributed by atoms with Crippen molar-refractivity contribution in [2.75, 3.05) is 7.11 Å². The van der Waals surface area contributed by atoms with Gasteiger partial charge in [-0.1, -0.05) is 73.1 Å². The van der Waals surface area contributed by atoms with E-state index in [0.29, 0.717) is 17.2 Å². The van der Waals surface area contributed by atoms with Crippen LogP contribution in [0.2, 0.25) is 5.02 Å². The van der Waals surface area contributed by atoms with Crippen molar-refractivity contribution in [1.82, 2.24) is 10.2 Å². The van der Waals surface area contributed by atoms with Crippen LogP contribution in [-0.4, -0.2) is 35.9 Å². The number of rotatable bonds is 11. The van der Waals surface area contributed by atoms with Crippen molar-refractivity contribution in [2.45, 2.75) is 51.7 Å². The van der Waals surface area contributed by atoms with E-state index in [4.69, 9.17) is 16.3 Å². The number of hydrogen-bond donors (Lipinski definition) is 1. The molecule has 0 aliphatic rings. The maximum absolute atomic E-state index is 13.7. The van der Waals surface area contributed by atoms with E-state index in [2.05, 4.69) is 5.32 Å². The summed E-state index contributed by atoms with van der Waals surface area (Å²) in [5.41, 5.74) is 2.73. The van der Waals surface area contributed by atoms with Gasteiger partial charge < -0.3 is 15.0 Å². The molecule has 1 N–H and O–H groups in total. The summed E-state index contributed by atoms with van der Waals surface area (Å²) in [6.45, 7) is 4.28. The van der Waals surface area contributed by atoms with Gasteiger partial charge in [-0.3, -0.25) is 9.59 Å². The maximum atomic E-state index is 13.7. The molecule has 184 valence electrons. The minimum atomic E-state index is -0.669. The molecule has 0 spiro atoms. The topological polar surface area (TPSA) is 58.6 Å². The third kappa shape index (κ3) is 7.86. The number of nitrogens with zero attached hydrogens (tertiary/aromatic N) is 1. The van der Waals surface area contributed by atoms with E-state index in [1.807, 2.05) is 80.6 Å². The molecule has 0 aromatic heterocycles. The van der Waals surface area contributed by atoms with Crippen molar-refractivity contribution in [2.24, 2.45) is 0 Å². The lowest BCUT2D eigenvalue weighted by Crippen LogP contribution is -2.52. The highest BCUT2D eigenvalue weighted by molar-refractivity contribution is 6.30. The lowest BCUT2D eigenvalue weighted by atomic mass is 10.0. The SMILES string of the molecule is CC[C@H](C)NC(=O)[C@H](Cc1ccccc1)N(Cc1cccc(OC)c1)C(=O)Cc1ccc(Cl)cc1. The normalized spacial score (nSPS) is 12.5. The summed E-state index contributed by atoms with van der Waals surface area (Å²) in [4.78, 5) is 28.9. The molecule has 0 saturated heterocycles. The summed E-state index contributed by atoms with van der Waals surface area (Å²) < 4.78 is 5.38. The van der Waals surface area contributed by atoms with Gasteiger partial charge in [0.2, 0.25) is 11.8 Å². The van der Waals surface area contributed by atoms with E-state index in [-0.39, 0.29) is 30.8 Å². The van der Waals surface area contributed by atoms with Gasteiger partial charge in [0.05, 0.1) is 13.5 Å². The number of carbonyl (C=O) groups is 2. The first-order chi connectivity index (χ1) is 16.9. The zero-order valence-electron chi connectivity index (χ0n) is 20.5. The van der Waals surface area contributed by atoms with Gasteiger partial charge in [0, 0.05) is 24.0 Å². The number of ether oxygens (including phenoxy) is 1. The summed E-state index contributed by atoms with van der Waals surface area (Å²) in [7, 11) is 1.61. The average molecular weight is 493 g/mol. The molecule has 0 heterocycles. The van der Waals surface area contributed by atoms with E-state index in [1.165, 1.54) is 0 Å². The first-order valence-corrected chi connectivity index (χ1v) is 12.3. The molecule has 2 amide bonds. The van der Waals surface area contributed by atoms with Crippen LogP contribution in [0.3, 0.4) is 0 Å². The second kappa shape index (κ2) is 13.0. The summed E-state index contributed by atoms with van der Waals surface area (Å²) >= 11 is 6.03. The van der Waals surface area contributed by atoms with Crippen molar-refractivity contribution in [3.8, 4) is 5.75 Å². The molecule has 0 aliphatic heterocycles. The third-order valence-electron chi connectivity index (χ3n) is 6.03. The molecule has 0 fully saturated rings. The molecule has 0 saturated carbocycles. The first kappa shape index (κ1) is 26.3. The molecule has 6 heteroatoms. The van der Waals surface area contributed by atoms with Crippen molar-refractivity contribution >= 4 is 23.4 Å². The van der Waals surface area contributed by atoms with Crippen LogP contribution >= 0.6 is 11.6 Å². The molecule has 0 unspecified atom stereocenters. The Bertz CT molecular complexity index is 1100. The van der Waals surface area contributed by atoms with Crippen molar-refractivity contribution in [3.05, 3.63) is 101 Å². The van der Waals surface area contributed by atoms with Gasteiger partial charge in [-0.05, 0) is 54.3 Å². The fourth-order valence-electron chi connectivity index (χ4n) is 3.84. The number of hydrogen-bond acceptors (Lipinski definition) is 3. The lowest BCUT2D eigenvalue weighted by Gasteiger charge is -2.32. The Morgan fingerprint density at radius 3 is 2.29 bits per heavy atom. The Morgan fingerprint density at radius 2 is 1.63 bits per heavy atom. The summed E-state index contributed by atoms with van der Waals surface area (Å²) in [6.07, 6.45) is 1.39. The van der Waals surface area contributed by atoms with E-state index in [1.54, 1.807) is 24.1 Å². The molecule has 0 aliphatic carbocycles. The molecule has 0 bridgehead atoms. The largest absolute Gasteiger partial charge is 0.497 e. The van der Waals surface area contributed by atoms with Gasteiger partial charge in [-0.15, -0.1) is 0 Å². The number of benzene rings is 3. The zero-order chi connectivity index (χ0) is 25.2. The van der Waals surface area contributed by atoms with E-state index in [9.17, 15) is 9.59 Å². The molecule has 35 heavy (non-hydrogen) atoms. The fraction of sp³-hybridized carbons (Fsp3) is 0.310. The number of carbonyl (C=O) groups excluding carboxylic acids is 2. The van der Waals surface area contributed by atoms with Gasteiger partial charge in [0.25, 0.3) is 0 Å². The molecule has 3 rings (SSSR count). The van der Waals surface area contributed by atoms with Crippen LogP contribution in [0.1, 0.15) is 37.0 Å². The van der Waals surface area contributed by atoms with Crippen LogP contribution in [0.25, 0.3) is 0 Å². The minimum Gasteiger partial charge on any atom is -0.497 e. The van der Waals surface area contributed by atoms with Crippen LogP contribution in [0.15, 0.2) is 78.9 Å². The Morgan fingerprint density at radius 1 is 0.943 bits per heavy atom. The number of halogens is 1. The molecule has 3 aromatic carbocycles. The van der Waals surface area contributed by atoms with E-state index >= 15 is 0 Å². The van der Waals surface area contributed by atoms with Crippen molar-refractivity contribution in [1.29, 1.82) is 0 Å². The standard InChI is InChI=1S/C29H33ClN2O3/c1-4-21(2)31-29(34)27(18-22-9-6-5-7-10-22)32(20-24-11-8-12-26(17-24)35-3)28(33)19-23-13-15-25(30)16-14-23/h5-17,21,27H,4,18-20H2,1-3H3,(H,31,34)/t21-,27-/m0/s1. The van der Waals surface area contributed by atoms with Gasteiger partial charge in [-0.25, -0.2) is 0 Å². The van der Waals surface area contributed by atoms with Crippen LogP contribution in [-0.2, 0) is 29.0 Å². The van der Waals surface area contributed by atoms with Gasteiger partial charge in [0.1, 0.15) is 11.8 Å². The highest BCUT2D eigenvalue weighted by Crippen LogP contribution is 2.20. The lowest BCUT2D eigenvalue weighted by molar-refractivity contribution is -0.141. The van der Waals surface area contributed by atoms with Crippen LogP contribution in [0.4, 0.5) is 0 Å². The van der Waals surface area contributed by atoms with Gasteiger partial charge in [-0.2, -0.15) is 0 Å². The predicted molar refractivity (Wildman–Crippen MR) is 141 cm³/mol. The van der Waals surface area contributed by atoms with Gasteiger partial charge >= 0.3 is 0 Å². The van der Waals surface area contributed by atoms with Crippen molar-refractivity contribution < 1.29 is 14.3 Å². The smallest absolute Gasteiger partial charge is 0.243 e. The zero-order valence-corrected chi connectivity index (χ0v) is 21.3. The summed E-state index contributed by atoms with van der Waals surface area (Å²) in [5, 5.41) is 3.71. The highest BCUT2D eigenvalue weighted by atomic mass is 35.5. The molecular weight excluding hydrogens is 460 g/mol. The van der Waals surface area contributed by atoms with Crippen LogP contribution in [0.5, 0.6) is 5.75 Å². The second-order valence-electron chi connectivity index (χ2n) is 8.70. The Hall–Kier alpha value is -3.31. The third-order valence-corrected chi connectivity index (χ3v) is 6.28. The summed E-state index contributed by atoms with van der Waals surface area (Å²) in [5.74, 6) is 0.419. The van der Waals surface area contributed by atoms with Crippen molar-refractivity contribution in [3.63, 3.8) is 0 Å². The number of methoxy groups -OCH3 is 1. The molecular formula is C29H33ClN2O3. The Kier molecular flexibility index (Phi) is 9.74. The van der Waals surface area contributed by atoms with E-state index in [0.717, 1.165) is 23.1 Å². The van der Waals surface area contributed by atoms with Gasteiger partial charge in [0.15, 0.2) is 0 Å². The van der Waals surface area contributed by atoms with E-state index < -0.39 is 6.04 Å².